The number of hydrogen-bond donors (Lipinski definition) is 9. The average Bonchev–Trinajstić information content (AvgIpc) is 0.882. The van der Waals surface area contributed by atoms with Crippen LogP contribution in [0.4, 0.5) is 0 Å². The summed E-state index contributed by atoms with van der Waals surface area (Å²) in [6.45, 7) is 4.49. The molecule has 0 saturated heterocycles. The zero-order valence-corrected chi connectivity index (χ0v) is 68.1. The molecule has 9 aromatic carbocycles. The van der Waals surface area contributed by atoms with Crippen LogP contribution in [0.1, 0.15) is 119 Å². The molecule has 14 aromatic rings. The monoisotopic (exact) mass is 1600 g/mol. The zero-order chi connectivity index (χ0) is 86.6. The SMILES string of the molecule is CCCCCCC.CN.CNC(=O)c1ccc(/C=C/C(=O)NO)cc1.CNC(=O)c1ccc(/C=C/C(=O)OC)cc1.CNC(=O)c1ccc(C(=O)NO)cc1.CNC(=O)c1ccc(C(=O)OC)cc1.c1ccc2ncccc2c1.c1ccc2ncccc2c1.c1ccc2ncccc2c1.c1ccc2ncccc2c1.c1ccc2ncccc2c1. The number of ether oxygens (including phenoxy) is 2. The average molecular weight is 1600 g/mol. The summed E-state index contributed by atoms with van der Waals surface area (Å²) < 4.78 is 8.98. The van der Waals surface area contributed by atoms with Gasteiger partial charge in [0.05, 0.1) is 47.4 Å². The maximum absolute atomic E-state index is 11.2. The van der Waals surface area contributed by atoms with Crippen molar-refractivity contribution in [1.29, 1.82) is 0 Å². The van der Waals surface area contributed by atoms with Gasteiger partial charge in [0.25, 0.3) is 35.4 Å². The first-order valence-corrected chi connectivity index (χ1v) is 37.7. The summed E-state index contributed by atoms with van der Waals surface area (Å²) >= 11 is 0. The van der Waals surface area contributed by atoms with Crippen molar-refractivity contribution < 1.29 is 58.2 Å². The van der Waals surface area contributed by atoms with E-state index in [1.54, 1.807) is 100 Å². The van der Waals surface area contributed by atoms with Crippen LogP contribution in [-0.4, -0.2) is 132 Å². The molecule has 0 aliphatic carbocycles. The first-order chi connectivity index (χ1) is 58.0. The van der Waals surface area contributed by atoms with Gasteiger partial charge in [0.1, 0.15) is 0 Å². The molecule has 10 N–H and O–H groups in total. The van der Waals surface area contributed by atoms with Crippen molar-refractivity contribution in [2.45, 2.75) is 46.0 Å². The fraction of sp³-hybridized carbons (Fsp3) is 0.147. The van der Waals surface area contributed by atoms with E-state index in [2.05, 4.69) is 136 Å². The van der Waals surface area contributed by atoms with Crippen molar-refractivity contribution in [2.24, 2.45) is 5.73 Å². The molecule has 6 amide bonds. The van der Waals surface area contributed by atoms with Crippen molar-refractivity contribution in [3.05, 3.63) is 367 Å². The third kappa shape index (κ3) is 36.9. The lowest BCUT2D eigenvalue weighted by atomic mass is 10.1. The van der Waals surface area contributed by atoms with Gasteiger partial charge in [0.15, 0.2) is 0 Å². The minimum Gasteiger partial charge on any atom is -0.466 e. The van der Waals surface area contributed by atoms with E-state index in [0.717, 1.165) is 38.7 Å². The topological polar surface area (TPSA) is 358 Å². The highest BCUT2D eigenvalue weighted by Crippen LogP contribution is 2.15. The number of carbonyl (C=O) groups excluding carboxylic acids is 8. The number of hydrogen-bond acceptors (Lipinski definition) is 18. The van der Waals surface area contributed by atoms with Crippen LogP contribution in [0.3, 0.4) is 0 Å². The Hall–Kier alpha value is -14.9. The number of unbranched alkanes of at least 4 members (excludes halogenated alkanes) is 4. The van der Waals surface area contributed by atoms with Crippen LogP contribution in [0.5, 0.6) is 0 Å². The highest BCUT2D eigenvalue weighted by molar-refractivity contribution is 5.99. The highest BCUT2D eigenvalue weighted by atomic mass is 16.5. The Bertz CT molecular complexity index is 4460. The molecule has 0 atom stereocenters. The van der Waals surface area contributed by atoms with E-state index in [1.165, 1.54) is 141 Å². The number of nitrogens with one attached hydrogen (secondary N) is 6. The number of carbonyl (C=O) groups is 8. The van der Waals surface area contributed by atoms with Gasteiger partial charge in [0.2, 0.25) is 0 Å². The first kappa shape index (κ1) is 96.5. The Labute approximate surface area is 693 Å². The van der Waals surface area contributed by atoms with Gasteiger partial charge >= 0.3 is 11.9 Å². The summed E-state index contributed by atoms with van der Waals surface area (Å²) in [6.07, 6.45) is 21.7. The molecule has 0 bridgehead atoms. The standard InChI is InChI=1S/C12H13NO3.C11H12N2O3.C10H11NO3.C9H10N2O3.5C9H7N.C7H16.CH5N/c1-13-12(15)10-6-3-9(4-7-10)5-8-11(14)16-2;1-12-11(15)9-5-2-8(3-6-9)4-7-10(14)13-16;1-11-9(12)7-3-5-8(6-4-7)10(13)14-2;1-10-8(12)6-2-4-7(5-3-6)9(13)11-14;5*1-2-6-9-8(4-1)5-3-7-10-9;1-3-5-7-6-4-2;1-2/h3-8H,1-2H3,(H,13,15);2-7,16H,1H3,(H,12,15)(H,13,14);3-6H,1-2H3,(H,11,12);2-5,14H,1H3,(H,10,12)(H,11,13);5*1-7H;3-7H2,1-2H3;2H2,1H3/b8-5+;7-4+;;;;;;;;;. The van der Waals surface area contributed by atoms with Gasteiger partial charge in [-0.25, -0.2) is 20.5 Å². The Morgan fingerprint density at radius 2 is 0.555 bits per heavy atom. The molecule has 0 saturated carbocycles. The largest absolute Gasteiger partial charge is 0.466 e. The maximum Gasteiger partial charge on any atom is 0.337 e. The number of esters is 2. The van der Waals surface area contributed by atoms with Gasteiger partial charge in [-0.15, -0.1) is 0 Å². The molecule has 0 fully saturated rings. The predicted molar refractivity (Wildman–Crippen MR) is 473 cm³/mol. The second kappa shape index (κ2) is 58.1. The highest BCUT2D eigenvalue weighted by Gasteiger charge is 2.09. The number of aromatic nitrogens is 5. The van der Waals surface area contributed by atoms with Crippen LogP contribution in [0, 0.1) is 0 Å². The zero-order valence-electron chi connectivity index (χ0n) is 68.1. The van der Waals surface area contributed by atoms with Crippen LogP contribution in [0.25, 0.3) is 66.7 Å². The summed E-state index contributed by atoms with van der Waals surface area (Å²) in [5, 5.41) is 32.6. The van der Waals surface area contributed by atoms with Crippen molar-refractivity contribution in [1.82, 2.24) is 57.1 Å². The summed E-state index contributed by atoms with van der Waals surface area (Å²) in [6, 6.07) is 86.2. The lowest BCUT2D eigenvalue weighted by Crippen LogP contribution is -2.20. The van der Waals surface area contributed by atoms with Crippen molar-refractivity contribution in [3.8, 4) is 0 Å². The molecule has 119 heavy (non-hydrogen) atoms. The van der Waals surface area contributed by atoms with E-state index in [-0.39, 0.29) is 23.6 Å². The number of para-hydroxylation sites is 5. The Balaban J connectivity index is 0.000000279. The minimum atomic E-state index is -0.603. The molecular formula is C95H102N12O12. The molecule has 5 heterocycles. The number of methoxy groups -OCH3 is 2. The molecule has 24 nitrogen and oxygen atoms in total. The van der Waals surface area contributed by atoms with Crippen molar-refractivity contribution in [2.75, 3.05) is 49.5 Å². The van der Waals surface area contributed by atoms with E-state index >= 15 is 0 Å². The lowest BCUT2D eigenvalue weighted by molar-refractivity contribution is -0.134. The molecule has 0 spiro atoms. The molecule has 0 radical (unpaired) electrons. The van der Waals surface area contributed by atoms with Crippen LogP contribution in [-0.2, 0) is 19.1 Å². The Morgan fingerprint density at radius 1 is 0.311 bits per heavy atom. The van der Waals surface area contributed by atoms with Crippen LogP contribution in [0.15, 0.2) is 322 Å². The number of fused-ring (bicyclic) bond motifs is 5. The molecule has 0 aliphatic rings. The minimum absolute atomic E-state index is 0.136. The molecule has 5 aromatic heterocycles. The summed E-state index contributed by atoms with van der Waals surface area (Å²) in [7, 11) is 10.3. The van der Waals surface area contributed by atoms with Gasteiger partial charge in [-0.05, 0) is 164 Å². The smallest absolute Gasteiger partial charge is 0.337 e. The molecule has 24 heteroatoms. The van der Waals surface area contributed by atoms with Crippen molar-refractivity contribution >= 4 is 114 Å². The second-order valence-electron chi connectivity index (χ2n) is 24.4. The Morgan fingerprint density at radius 3 is 0.790 bits per heavy atom. The predicted octanol–water partition coefficient (Wildman–Crippen LogP) is 16.5. The van der Waals surface area contributed by atoms with E-state index in [9.17, 15) is 38.4 Å². The van der Waals surface area contributed by atoms with E-state index in [1.807, 2.05) is 152 Å². The summed E-state index contributed by atoms with van der Waals surface area (Å²) in [5.74, 6) is -2.72. The van der Waals surface area contributed by atoms with Crippen LogP contribution in [0.2, 0.25) is 0 Å². The fourth-order valence-electron chi connectivity index (χ4n) is 9.98. The quantitative estimate of drug-likeness (QED) is 0.0160. The van der Waals surface area contributed by atoms with E-state index in [4.69, 9.17) is 10.4 Å². The third-order valence-corrected chi connectivity index (χ3v) is 16.3. The molecule has 614 valence electrons. The first-order valence-electron chi connectivity index (χ1n) is 37.7. The van der Waals surface area contributed by atoms with E-state index < -0.39 is 23.8 Å². The molecule has 14 rings (SSSR count). The number of rotatable bonds is 14. The molecular weight excluding hydrogens is 1500 g/mol. The summed E-state index contributed by atoms with van der Waals surface area (Å²) in [5.41, 5.74) is 17.2. The molecule has 0 unspecified atom stereocenters. The van der Waals surface area contributed by atoms with E-state index in [0.29, 0.717) is 33.4 Å². The Kier molecular flexibility index (Phi) is 47.1. The normalized spacial score (nSPS) is 9.71. The van der Waals surface area contributed by atoms with Crippen LogP contribution >= 0.6 is 0 Å². The van der Waals surface area contributed by atoms with Gasteiger partial charge < -0.3 is 36.5 Å². The molecule has 0 aliphatic heterocycles. The van der Waals surface area contributed by atoms with Crippen LogP contribution < -0.4 is 38.0 Å². The number of nitrogens with zero attached hydrogens (tertiary/aromatic N) is 5. The van der Waals surface area contributed by atoms with Gasteiger partial charge in [0, 0.05) is 126 Å². The van der Waals surface area contributed by atoms with Gasteiger partial charge in [-0.1, -0.05) is 192 Å². The number of hydroxylamine groups is 2. The second-order valence-corrected chi connectivity index (χ2v) is 24.4. The van der Waals surface area contributed by atoms with Gasteiger partial charge in [-0.3, -0.25) is 64.1 Å². The number of pyridine rings is 5. The summed E-state index contributed by atoms with van der Waals surface area (Å²) in [4.78, 5) is 109. The van der Waals surface area contributed by atoms with Crippen molar-refractivity contribution in [3.63, 3.8) is 0 Å². The fourth-order valence-corrected chi connectivity index (χ4v) is 9.98. The maximum atomic E-state index is 11.2. The number of nitrogens with two attached hydrogens (primary N) is 1. The third-order valence-electron chi connectivity index (χ3n) is 16.3. The van der Waals surface area contributed by atoms with Gasteiger partial charge in [-0.2, -0.15) is 0 Å². The number of benzene rings is 9. The lowest BCUT2D eigenvalue weighted by Gasteiger charge is -2.01. The number of amides is 6.